The van der Waals surface area contributed by atoms with Crippen molar-refractivity contribution in [2.24, 2.45) is 0 Å². The highest BCUT2D eigenvalue weighted by Gasteiger charge is 2.19. The first-order valence-electron chi connectivity index (χ1n) is 6.73. The van der Waals surface area contributed by atoms with Crippen LogP contribution in [0.1, 0.15) is 30.5 Å². The number of rotatable bonds is 1. The van der Waals surface area contributed by atoms with Gasteiger partial charge in [0.2, 0.25) is 0 Å². The zero-order valence-electron chi connectivity index (χ0n) is 12.6. The van der Waals surface area contributed by atoms with E-state index >= 15 is 0 Å². The maximum absolute atomic E-state index is 11.8. The van der Waals surface area contributed by atoms with Crippen LogP contribution < -0.4 is 10.6 Å². The molecule has 20 heavy (non-hydrogen) atoms. The van der Waals surface area contributed by atoms with Gasteiger partial charge in [0.15, 0.2) is 0 Å². The normalized spacial score (nSPS) is 16.2. The van der Waals surface area contributed by atoms with E-state index in [0.717, 1.165) is 16.7 Å². The number of aryl methyl sites for hydroxylation is 2. The van der Waals surface area contributed by atoms with Crippen molar-refractivity contribution in [3.63, 3.8) is 0 Å². The van der Waals surface area contributed by atoms with Gasteiger partial charge in [-0.2, -0.15) is 0 Å². The van der Waals surface area contributed by atoms with Gasteiger partial charge in [0.1, 0.15) is 5.70 Å². The molecule has 3 nitrogen and oxygen atoms in total. The zero-order valence-corrected chi connectivity index (χ0v) is 12.6. The lowest BCUT2D eigenvalue weighted by Gasteiger charge is -2.22. The Morgan fingerprint density at radius 3 is 2.05 bits per heavy atom. The molecule has 1 heterocycles. The molecule has 1 aromatic carbocycles. The number of carbonyl (C=O) groups excluding carboxylic acids is 1. The molecule has 1 aliphatic heterocycles. The average Bonchev–Trinajstić information content (AvgIpc) is 2.42. The van der Waals surface area contributed by atoms with Gasteiger partial charge in [0, 0.05) is 0 Å². The molecule has 3 heteroatoms. The maximum atomic E-state index is 11.8. The molecule has 1 aliphatic rings. The van der Waals surface area contributed by atoms with Crippen molar-refractivity contribution in [2.45, 2.75) is 27.7 Å². The third-order valence-corrected chi connectivity index (χ3v) is 2.99. The summed E-state index contributed by atoms with van der Waals surface area (Å²) in [6.07, 6.45) is 1.84. The third-order valence-electron chi connectivity index (χ3n) is 2.99. The van der Waals surface area contributed by atoms with Gasteiger partial charge in [-0.25, -0.2) is 0 Å². The van der Waals surface area contributed by atoms with Gasteiger partial charge in [0.25, 0.3) is 5.91 Å². The van der Waals surface area contributed by atoms with Crippen LogP contribution >= 0.6 is 0 Å². The highest BCUT2D eigenvalue weighted by Crippen LogP contribution is 2.19. The fourth-order valence-electron chi connectivity index (χ4n) is 1.88. The number of carbonyl (C=O) groups is 1. The summed E-state index contributed by atoms with van der Waals surface area (Å²) in [6.45, 7) is 15.5. The Labute approximate surface area is 121 Å². The number of piperazine rings is 1. The third kappa shape index (κ3) is 3.38. The van der Waals surface area contributed by atoms with E-state index in [1.54, 1.807) is 0 Å². The summed E-state index contributed by atoms with van der Waals surface area (Å²) in [7, 11) is 0. The topological polar surface area (TPSA) is 41.1 Å². The lowest BCUT2D eigenvalue weighted by molar-refractivity contribution is -0.117. The van der Waals surface area contributed by atoms with Gasteiger partial charge in [-0.3, -0.25) is 4.79 Å². The Kier molecular flexibility index (Phi) is 5.32. The zero-order chi connectivity index (χ0) is 15.3. The van der Waals surface area contributed by atoms with Crippen molar-refractivity contribution < 1.29 is 4.79 Å². The van der Waals surface area contributed by atoms with Crippen LogP contribution in [-0.4, -0.2) is 5.91 Å². The molecule has 1 aromatic rings. The summed E-state index contributed by atoms with van der Waals surface area (Å²) in [6, 6.07) is 6.05. The molecule has 2 N–H and O–H groups in total. The van der Waals surface area contributed by atoms with Crippen molar-refractivity contribution >= 4 is 12.0 Å². The fraction of sp³-hybridized carbons (Fsp3) is 0.235. The summed E-state index contributed by atoms with van der Waals surface area (Å²) in [5.41, 5.74) is 4.94. The smallest absolute Gasteiger partial charge is 0.272 e. The highest BCUT2D eigenvalue weighted by atomic mass is 16.2. The summed E-state index contributed by atoms with van der Waals surface area (Å²) >= 11 is 0. The monoisotopic (exact) mass is 270 g/mol. The van der Waals surface area contributed by atoms with Gasteiger partial charge in [0.05, 0.1) is 11.4 Å². The Bertz CT molecular complexity index is 562. The molecule has 1 saturated heterocycles. The summed E-state index contributed by atoms with van der Waals surface area (Å²) in [5, 5.41) is 5.65. The molecule has 2 rings (SSSR count). The van der Waals surface area contributed by atoms with Gasteiger partial charge in [-0.15, -0.1) is 0 Å². The number of hydrogen-bond acceptors (Lipinski definition) is 2. The minimum Gasteiger partial charge on any atom is -0.350 e. The van der Waals surface area contributed by atoms with Crippen LogP contribution in [0, 0.1) is 13.8 Å². The SMILES string of the molecule is C=C1NC(=O)/C(=C/c2c(C)cccc2C)NC1=C.CC. The molecular formula is C17H22N2O. The molecule has 0 aliphatic carbocycles. The summed E-state index contributed by atoms with van der Waals surface area (Å²) in [5.74, 6) is -0.185. The van der Waals surface area contributed by atoms with Crippen LogP contribution in [0.4, 0.5) is 0 Å². The number of nitrogens with one attached hydrogen (secondary N) is 2. The molecule has 0 spiro atoms. The predicted molar refractivity (Wildman–Crippen MR) is 84.8 cm³/mol. The van der Waals surface area contributed by atoms with Crippen molar-refractivity contribution in [3.8, 4) is 0 Å². The Balaban J connectivity index is 0.000000956. The van der Waals surface area contributed by atoms with Gasteiger partial charge >= 0.3 is 0 Å². The van der Waals surface area contributed by atoms with Gasteiger partial charge in [-0.05, 0) is 36.6 Å². The Morgan fingerprint density at radius 1 is 1.00 bits per heavy atom. The predicted octanol–water partition coefficient (Wildman–Crippen LogP) is 3.42. The Hall–Kier alpha value is -2.29. The lowest BCUT2D eigenvalue weighted by Crippen LogP contribution is -2.38. The second-order valence-electron chi connectivity index (χ2n) is 4.40. The molecule has 0 unspecified atom stereocenters. The largest absolute Gasteiger partial charge is 0.350 e. The number of benzene rings is 1. The lowest BCUT2D eigenvalue weighted by atomic mass is 10.0. The van der Waals surface area contributed by atoms with Gasteiger partial charge in [-0.1, -0.05) is 45.2 Å². The van der Waals surface area contributed by atoms with Crippen LogP contribution in [0.25, 0.3) is 6.08 Å². The van der Waals surface area contributed by atoms with Gasteiger partial charge < -0.3 is 10.6 Å². The average molecular weight is 270 g/mol. The van der Waals surface area contributed by atoms with E-state index < -0.39 is 0 Å². The van der Waals surface area contributed by atoms with E-state index in [1.807, 2.05) is 52.0 Å². The number of hydrogen-bond donors (Lipinski definition) is 2. The first-order valence-corrected chi connectivity index (χ1v) is 6.73. The van der Waals surface area contributed by atoms with Crippen LogP contribution in [0.2, 0.25) is 0 Å². The van der Waals surface area contributed by atoms with Crippen LogP contribution in [0.15, 0.2) is 48.4 Å². The van der Waals surface area contributed by atoms with Crippen LogP contribution in [0.5, 0.6) is 0 Å². The van der Waals surface area contributed by atoms with E-state index in [-0.39, 0.29) is 5.91 Å². The molecule has 1 amide bonds. The Morgan fingerprint density at radius 2 is 1.50 bits per heavy atom. The van der Waals surface area contributed by atoms with E-state index in [4.69, 9.17) is 0 Å². The number of amides is 1. The molecule has 0 saturated carbocycles. The second-order valence-corrected chi connectivity index (χ2v) is 4.40. The standard InChI is InChI=1S/C15H16N2O.C2H6/c1-9-6-5-7-10(2)13(9)8-14-15(18)17-12(4)11(3)16-14;1-2/h5-8,16H,3-4H2,1-2H3,(H,17,18);1-2H3/b14-8-;. The fourth-order valence-corrected chi connectivity index (χ4v) is 1.88. The second kappa shape index (κ2) is 6.75. The molecule has 0 atom stereocenters. The summed E-state index contributed by atoms with van der Waals surface area (Å²) < 4.78 is 0. The van der Waals surface area contributed by atoms with Crippen molar-refractivity contribution in [3.05, 3.63) is 65.1 Å². The maximum Gasteiger partial charge on any atom is 0.272 e. The van der Waals surface area contributed by atoms with Crippen molar-refractivity contribution in [1.29, 1.82) is 0 Å². The summed E-state index contributed by atoms with van der Waals surface area (Å²) in [4.78, 5) is 11.8. The molecule has 106 valence electrons. The van der Waals surface area contributed by atoms with E-state index in [9.17, 15) is 4.79 Å². The minimum absolute atomic E-state index is 0.185. The van der Waals surface area contributed by atoms with Crippen molar-refractivity contribution in [1.82, 2.24) is 10.6 Å². The van der Waals surface area contributed by atoms with E-state index in [1.165, 1.54) is 0 Å². The van der Waals surface area contributed by atoms with E-state index in [2.05, 4.69) is 23.8 Å². The minimum atomic E-state index is -0.185. The quantitative estimate of drug-likeness (QED) is 0.768. The molecule has 1 fully saturated rings. The molecule has 0 radical (unpaired) electrons. The molecular weight excluding hydrogens is 248 g/mol. The van der Waals surface area contributed by atoms with Crippen LogP contribution in [-0.2, 0) is 4.79 Å². The first kappa shape index (κ1) is 15.8. The van der Waals surface area contributed by atoms with Crippen LogP contribution in [0.3, 0.4) is 0 Å². The molecule has 0 bridgehead atoms. The molecule has 0 aromatic heterocycles. The first-order chi connectivity index (χ1) is 9.49. The van der Waals surface area contributed by atoms with Crippen molar-refractivity contribution in [2.75, 3.05) is 0 Å². The highest BCUT2D eigenvalue weighted by molar-refractivity contribution is 6.00. The van der Waals surface area contributed by atoms with E-state index in [0.29, 0.717) is 17.1 Å².